The van der Waals surface area contributed by atoms with Crippen LogP contribution in [0, 0.1) is 5.92 Å². The zero-order valence-corrected chi connectivity index (χ0v) is 9.05. The van der Waals surface area contributed by atoms with E-state index in [1.54, 1.807) is 0 Å². The van der Waals surface area contributed by atoms with Gasteiger partial charge in [-0.05, 0) is 26.3 Å². The van der Waals surface area contributed by atoms with E-state index in [4.69, 9.17) is 5.73 Å². The van der Waals surface area contributed by atoms with Gasteiger partial charge in [0.2, 0.25) is 5.91 Å². The highest BCUT2D eigenvalue weighted by Crippen LogP contribution is 2.06. The molecule has 78 valence electrons. The SMILES string of the molecule is CCCN(CC)C(=O)C(C)CCN. The lowest BCUT2D eigenvalue weighted by Crippen LogP contribution is -2.36. The lowest BCUT2D eigenvalue weighted by atomic mass is 10.1. The van der Waals surface area contributed by atoms with Crippen LogP contribution in [0.1, 0.15) is 33.6 Å². The Labute approximate surface area is 81.3 Å². The maximum atomic E-state index is 11.7. The van der Waals surface area contributed by atoms with Crippen LogP contribution in [-0.2, 0) is 4.79 Å². The summed E-state index contributed by atoms with van der Waals surface area (Å²) in [7, 11) is 0. The van der Waals surface area contributed by atoms with Crippen molar-refractivity contribution in [2.75, 3.05) is 19.6 Å². The quantitative estimate of drug-likeness (QED) is 0.678. The van der Waals surface area contributed by atoms with E-state index in [1.807, 2.05) is 18.7 Å². The summed E-state index contributed by atoms with van der Waals surface area (Å²) in [4.78, 5) is 13.6. The topological polar surface area (TPSA) is 46.3 Å². The third-order valence-electron chi connectivity index (χ3n) is 2.21. The first-order valence-corrected chi connectivity index (χ1v) is 5.16. The molecule has 3 nitrogen and oxygen atoms in total. The molecule has 0 bridgehead atoms. The largest absolute Gasteiger partial charge is 0.343 e. The molecule has 0 radical (unpaired) electrons. The lowest BCUT2D eigenvalue weighted by Gasteiger charge is -2.23. The minimum atomic E-state index is 0.0801. The Bertz CT molecular complexity index is 148. The van der Waals surface area contributed by atoms with Crippen molar-refractivity contribution >= 4 is 5.91 Å². The highest BCUT2D eigenvalue weighted by atomic mass is 16.2. The zero-order chi connectivity index (χ0) is 10.3. The van der Waals surface area contributed by atoms with Crippen molar-refractivity contribution in [2.24, 2.45) is 11.7 Å². The van der Waals surface area contributed by atoms with Crippen LogP contribution in [0.3, 0.4) is 0 Å². The molecule has 13 heavy (non-hydrogen) atoms. The van der Waals surface area contributed by atoms with Crippen LogP contribution >= 0.6 is 0 Å². The molecule has 1 unspecified atom stereocenters. The molecule has 3 heteroatoms. The molecule has 1 atom stereocenters. The van der Waals surface area contributed by atoms with E-state index in [0.717, 1.165) is 25.9 Å². The molecule has 0 aromatic carbocycles. The molecule has 0 aliphatic rings. The highest BCUT2D eigenvalue weighted by molar-refractivity contribution is 5.78. The van der Waals surface area contributed by atoms with Crippen molar-refractivity contribution in [2.45, 2.75) is 33.6 Å². The monoisotopic (exact) mass is 186 g/mol. The second-order valence-corrected chi connectivity index (χ2v) is 3.40. The van der Waals surface area contributed by atoms with Gasteiger partial charge < -0.3 is 10.6 Å². The molecule has 0 fully saturated rings. The molecule has 0 rings (SSSR count). The van der Waals surface area contributed by atoms with Crippen molar-refractivity contribution in [3.63, 3.8) is 0 Å². The van der Waals surface area contributed by atoms with Crippen molar-refractivity contribution < 1.29 is 4.79 Å². The second kappa shape index (κ2) is 6.89. The summed E-state index contributed by atoms with van der Waals surface area (Å²) in [5.74, 6) is 0.325. The van der Waals surface area contributed by atoms with Gasteiger partial charge in [-0.2, -0.15) is 0 Å². The third kappa shape index (κ3) is 4.27. The van der Waals surface area contributed by atoms with Crippen molar-refractivity contribution in [3.8, 4) is 0 Å². The summed E-state index contributed by atoms with van der Waals surface area (Å²) in [6, 6.07) is 0. The number of hydrogen-bond donors (Lipinski definition) is 1. The van der Waals surface area contributed by atoms with E-state index in [2.05, 4.69) is 6.92 Å². The molecule has 0 saturated carbocycles. The molecule has 0 heterocycles. The van der Waals surface area contributed by atoms with Gasteiger partial charge >= 0.3 is 0 Å². The predicted octanol–water partition coefficient (Wildman–Crippen LogP) is 1.23. The van der Waals surface area contributed by atoms with Gasteiger partial charge in [0.05, 0.1) is 0 Å². The van der Waals surface area contributed by atoms with Crippen molar-refractivity contribution in [1.29, 1.82) is 0 Å². The Kier molecular flexibility index (Phi) is 6.59. The number of amides is 1. The van der Waals surface area contributed by atoms with E-state index in [0.29, 0.717) is 6.54 Å². The Morgan fingerprint density at radius 1 is 1.46 bits per heavy atom. The maximum absolute atomic E-state index is 11.7. The fourth-order valence-electron chi connectivity index (χ4n) is 1.38. The predicted molar refractivity (Wildman–Crippen MR) is 55.4 cm³/mol. The van der Waals surface area contributed by atoms with Gasteiger partial charge in [-0.1, -0.05) is 13.8 Å². The average Bonchev–Trinajstić information content (AvgIpc) is 2.13. The summed E-state index contributed by atoms with van der Waals surface area (Å²) in [6.45, 7) is 8.32. The number of carbonyl (C=O) groups excluding carboxylic acids is 1. The average molecular weight is 186 g/mol. The lowest BCUT2D eigenvalue weighted by molar-refractivity contribution is -0.134. The first-order valence-electron chi connectivity index (χ1n) is 5.16. The molecule has 0 spiro atoms. The Balaban J connectivity index is 4.02. The van der Waals surface area contributed by atoms with Crippen LogP contribution in [0.25, 0.3) is 0 Å². The normalized spacial score (nSPS) is 12.6. The fraction of sp³-hybridized carbons (Fsp3) is 0.900. The van der Waals surface area contributed by atoms with E-state index in [-0.39, 0.29) is 11.8 Å². The molecule has 1 amide bonds. The first-order chi connectivity index (χ1) is 6.17. The minimum absolute atomic E-state index is 0.0801. The van der Waals surface area contributed by atoms with Crippen molar-refractivity contribution in [3.05, 3.63) is 0 Å². The van der Waals surface area contributed by atoms with Crippen LogP contribution in [0.15, 0.2) is 0 Å². The number of nitrogens with two attached hydrogens (primary N) is 1. The van der Waals surface area contributed by atoms with E-state index >= 15 is 0 Å². The molecule has 2 N–H and O–H groups in total. The van der Waals surface area contributed by atoms with Gasteiger partial charge in [-0.25, -0.2) is 0 Å². The Morgan fingerprint density at radius 3 is 2.46 bits per heavy atom. The van der Waals surface area contributed by atoms with E-state index in [9.17, 15) is 4.79 Å². The maximum Gasteiger partial charge on any atom is 0.225 e. The molecular formula is C10H22N2O. The van der Waals surface area contributed by atoms with Crippen LogP contribution in [0.2, 0.25) is 0 Å². The van der Waals surface area contributed by atoms with Crippen LogP contribution in [0.5, 0.6) is 0 Å². The van der Waals surface area contributed by atoms with Gasteiger partial charge in [0.1, 0.15) is 0 Å². The van der Waals surface area contributed by atoms with Gasteiger partial charge in [0.25, 0.3) is 0 Å². The van der Waals surface area contributed by atoms with Crippen LogP contribution < -0.4 is 5.73 Å². The summed E-state index contributed by atoms with van der Waals surface area (Å²) in [5.41, 5.74) is 5.41. The van der Waals surface area contributed by atoms with E-state index < -0.39 is 0 Å². The molecule has 0 aliphatic carbocycles. The third-order valence-corrected chi connectivity index (χ3v) is 2.21. The van der Waals surface area contributed by atoms with Crippen molar-refractivity contribution in [1.82, 2.24) is 4.90 Å². The highest BCUT2D eigenvalue weighted by Gasteiger charge is 2.17. The van der Waals surface area contributed by atoms with Gasteiger partial charge in [-0.3, -0.25) is 4.79 Å². The summed E-state index contributed by atoms with van der Waals surface area (Å²) >= 11 is 0. The summed E-state index contributed by atoms with van der Waals surface area (Å²) < 4.78 is 0. The van der Waals surface area contributed by atoms with E-state index in [1.165, 1.54) is 0 Å². The number of nitrogens with zero attached hydrogens (tertiary/aromatic N) is 1. The zero-order valence-electron chi connectivity index (χ0n) is 9.05. The summed E-state index contributed by atoms with van der Waals surface area (Å²) in [5, 5.41) is 0. The number of carbonyl (C=O) groups is 1. The molecule has 0 aliphatic heterocycles. The van der Waals surface area contributed by atoms with Crippen LogP contribution in [-0.4, -0.2) is 30.4 Å². The second-order valence-electron chi connectivity index (χ2n) is 3.40. The molecular weight excluding hydrogens is 164 g/mol. The fourth-order valence-corrected chi connectivity index (χ4v) is 1.38. The van der Waals surface area contributed by atoms with Crippen LogP contribution in [0.4, 0.5) is 0 Å². The molecule has 0 aromatic heterocycles. The first kappa shape index (κ1) is 12.4. The number of rotatable bonds is 6. The standard InChI is InChI=1S/C10H22N2O/c1-4-8-12(5-2)10(13)9(3)6-7-11/h9H,4-8,11H2,1-3H3. The van der Waals surface area contributed by atoms with Gasteiger partial charge in [-0.15, -0.1) is 0 Å². The molecule has 0 aromatic rings. The Morgan fingerprint density at radius 2 is 2.08 bits per heavy atom. The summed E-state index contributed by atoms with van der Waals surface area (Å²) in [6.07, 6.45) is 1.81. The Hall–Kier alpha value is -0.570. The van der Waals surface area contributed by atoms with Gasteiger partial charge in [0.15, 0.2) is 0 Å². The number of hydrogen-bond acceptors (Lipinski definition) is 2. The molecule has 0 saturated heterocycles. The van der Waals surface area contributed by atoms with Gasteiger partial charge in [0, 0.05) is 19.0 Å². The smallest absolute Gasteiger partial charge is 0.225 e. The minimum Gasteiger partial charge on any atom is -0.343 e.